The molecule has 1 heterocycles. The molecule has 0 N–H and O–H groups in total. The first kappa shape index (κ1) is 19.4. The van der Waals surface area contributed by atoms with Gasteiger partial charge in [-0.1, -0.05) is 42.5 Å². The van der Waals surface area contributed by atoms with Crippen LogP contribution in [0.1, 0.15) is 17.2 Å². The number of likely N-dealkylation sites (N-methyl/N-ethyl adjacent to an activating group) is 1. The molecule has 0 radical (unpaired) electrons. The van der Waals surface area contributed by atoms with Gasteiger partial charge < -0.3 is 14.5 Å². The van der Waals surface area contributed by atoms with Gasteiger partial charge in [-0.05, 0) is 23.3 Å². The van der Waals surface area contributed by atoms with Gasteiger partial charge in [-0.3, -0.25) is 9.69 Å². The van der Waals surface area contributed by atoms with Crippen molar-refractivity contribution in [3.8, 4) is 0 Å². The molecule has 144 valence electrons. The number of carbonyl (C=O) groups excluding carboxylic acids is 1. The number of nitrogens with zero attached hydrogens (tertiary/aromatic N) is 3. The minimum Gasteiger partial charge on any atom is -0.378 e. The molecule has 1 saturated heterocycles. The molecule has 27 heavy (non-hydrogen) atoms. The Morgan fingerprint density at radius 3 is 2.44 bits per heavy atom. The number of amides is 1. The Bertz CT molecular complexity index is 731. The summed E-state index contributed by atoms with van der Waals surface area (Å²) in [6.07, 6.45) is 0.0385. The second-order valence-corrected chi connectivity index (χ2v) is 7.32. The fraction of sp³-hybridized carbons (Fsp3) is 0.409. The maximum Gasteiger partial charge on any atom is 0.236 e. The fourth-order valence-corrected chi connectivity index (χ4v) is 3.29. The molecular formula is C22H29N3O2. The van der Waals surface area contributed by atoms with E-state index in [0.29, 0.717) is 19.7 Å². The van der Waals surface area contributed by atoms with E-state index < -0.39 is 0 Å². The number of hydrogen-bond acceptors (Lipinski definition) is 4. The van der Waals surface area contributed by atoms with E-state index in [1.165, 1.54) is 5.56 Å². The van der Waals surface area contributed by atoms with E-state index in [2.05, 4.69) is 46.2 Å². The van der Waals surface area contributed by atoms with E-state index in [0.717, 1.165) is 24.3 Å². The van der Waals surface area contributed by atoms with Gasteiger partial charge in [0.15, 0.2) is 0 Å². The van der Waals surface area contributed by atoms with Crippen LogP contribution in [0.5, 0.6) is 0 Å². The zero-order chi connectivity index (χ0) is 19.2. The maximum atomic E-state index is 12.7. The summed E-state index contributed by atoms with van der Waals surface area (Å²) in [5.41, 5.74) is 3.47. The summed E-state index contributed by atoms with van der Waals surface area (Å²) in [5, 5.41) is 0. The Morgan fingerprint density at radius 2 is 1.78 bits per heavy atom. The van der Waals surface area contributed by atoms with Gasteiger partial charge >= 0.3 is 0 Å². The van der Waals surface area contributed by atoms with Crippen molar-refractivity contribution in [2.24, 2.45) is 0 Å². The third kappa shape index (κ3) is 5.31. The highest BCUT2D eigenvalue weighted by Crippen LogP contribution is 2.22. The van der Waals surface area contributed by atoms with Crippen LogP contribution in [-0.2, 0) is 16.1 Å². The number of morpholine rings is 1. The summed E-state index contributed by atoms with van der Waals surface area (Å²) in [6, 6.07) is 18.6. The Hall–Kier alpha value is -2.37. The summed E-state index contributed by atoms with van der Waals surface area (Å²) in [5.74, 6) is 0.139. The van der Waals surface area contributed by atoms with Gasteiger partial charge in [0.2, 0.25) is 5.91 Å². The number of hydrogen-bond donors (Lipinski definition) is 0. The largest absolute Gasteiger partial charge is 0.378 e. The van der Waals surface area contributed by atoms with E-state index >= 15 is 0 Å². The molecular weight excluding hydrogens is 338 g/mol. The number of anilines is 1. The first-order valence-electron chi connectivity index (χ1n) is 9.42. The van der Waals surface area contributed by atoms with Gasteiger partial charge in [0.25, 0.3) is 0 Å². The monoisotopic (exact) mass is 367 g/mol. The topological polar surface area (TPSA) is 36.0 Å². The smallest absolute Gasteiger partial charge is 0.236 e. The summed E-state index contributed by atoms with van der Waals surface area (Å²) >= 11 is 0. The normalized spacial score (nSPS) is 17.5. The Morgan fingerprint density at radius 1 is 1.07 bits per heavy atom. The van der Waals surface area contributed by atoms with Crippen molar-refractivity contribution in [3.05, 3.63) is 65.7 Å². The van der Waals surface area contributed by atoms with Crippen LogP contribution in [-0.4, -0.2) is 63.1 Å². The lowest BCUT2D eigenvalue weighted by Crippen LogP contribution is -2.44. The molecule has 1 atom stereocenters. The molecule has 2 aromatic rings. The molecule has 2 aromatic carbocycles. The summed E-state index contributed by atoms with van der Waals surface area (Å²) in [7, 11) is 5.92. The van der Waals surface area contributed by atoms with Crippen molar-refractivity contribution in [2.45, 2.75) is 12.6 Å². The molecule has 0 spiro atoms. The highest BCUT2D eigenvalue weighted by molar-refractivity contribution is 5.78. The maximum absolute atomic E-state index is 12.7. The third-order valence-corrected chi connectivity index (χ3v) is 4.98. The van der Waals surface area contributed by atoms with Gasteiger partial charge in [0.1, 0.15) is 0 Å². The van der Waals surface area contributed by atoms with Crippen LogP contribution in [0, 0.1) is 0 Å². The SMILES string of the molecule is CN(Cc1ccc(N(C)C)cc1)C(=O)CN1CCOC(c2ccccc2)C1. The van der Waals surface area contributed by atoms with E-state index in [9.17, 15) is 4.79 Å². The average Bonchev–Trinajstić information content (AvgIpc) is 2.69. The van der Waals surface area contributed by atoms with E-state index in [4.69, 9.17) is 4.74 Å². The van der Waals surface area contributed by atoms with Gasteiger partial charge in [0.05, 0.1) is 19.3 Å². The first-order chi connectivity index (χ1) is 13.0. The minimum absolute atomic E-state index is 0.0385. The quantitative estimate of drug-likeness (QED) is 0.787. The summed E-state index contributed by atoms with van der Waals surface area (Å²) < 4.78 is 5.89. The van der Waals surface area contributed by atoms with Crippen molar-refractivity contribution in [3.63, 3.8) is 0 Å². The van der Waals surface area contributed by atoms with Crippen LogP contribution in [0.15, 0.2) is 54.6 Å². The Balaban J connectivity index is 1.53. The van der Waals surface area contributed by atoms with Crippen molar-refractivity contribution in [1.29, 1.82) is 0 Å². The van der Waals surface area contributed by atoms with Crippen molar-refractivity contribution in [1.82, 2.24) is 9.80 Å². The van der Waals surface area contributed by atoms with Crippen LogP contribution in [0.4, 0.5) is 5.69 Å². The molecule has 5 nitrogen and oxygen atoms in total. The van der Waals surface area contributed by atoms with Crippen LogP contribution < -0.4 is 4.90 Å². The molecule has 1 aliphatic heterocycles. The fourth-order valence-electron chi connectivity index (χ4n) is 3.29. The van der Waals surface area contributed by atoms with Crippen molar-refractivity contribution < 1.29 is 9.53 Å². The van der Waals surface area contributed by atoms with Crippen LogP contribution in [0.2, 0.25) is 0 Å². The molecule has 1 unspecified atom stereocenters. The second kappa shape index (κ2) is 9.02. The molecule has 3 rings (SSSR count). The van der Waals surface area contributed by atoms with Gasteiger partial charge in [-0.2, -0.15) is 0 Å². The molecule has 0 saturated carbocycles. The van der Waals surface area contributed by atoms with E-state index in [1.807, 2.05) is 39.3 Å². The zero-order valence-electron chi connectivity index (χ0n) is 16.5. The summed E-state index contributed by atoms with van der Waals surface area (Å²) in [6.45, 7) is 3.25. The molecule has 0 aliphatic carbocycles. The molecule has 1 amide bonds. The van der Waals surface area contributed by atoms with E-state index in [1.54, 1.807) is 4.90 Å². The van der Waals surface area contributed by atoms with Gasteiger partial charge in [-0.15, -0.1) is 0 Å². The lowest BCUT2D eigenvalue weighted by molar-refractivity contribution is -0.133. The number of benzene rings is 2. The lowest BCUT2D eigenvalue weighted by atomic mass is 10.1. The molecule has 5 heteroatoms. The summed E-state index contributed by atoms with van der Waals surface area (Å²) in [4.78, 5) is 18.7. The zero-order valence-corrected chi connectivity index (χ0v) is 16.5. The highest BCUT2D eigenvalue weighted by Gasteiger charge is 2.24. The number of carbonyl (C=O) groups is 1. The average molecular weight is 367 g/mol. The predicted octanol–water partition coefficient (Wildman–Crippen LogP) is 2.78. The molecule has 0 bridgehead atoms. The minimum atomic E-state index is 0.0385. The molecule has 1 fully saturated rings. The molecule has 1 aliphatic rings. The molecule has 0 aromatic heterocycles. The number of ether oxygens (including phenoxy) is 1. The van der Waals surface area contributed by atoms with Crippen molar-refractivity contribution in [2.75, 3.05) is 52.3 Å². The lowest BCUT2D eigenvalue weighted by Gasteiger charge is -2.33. The second-order valence-electron chi connectivity index (χ2n) is 7.32. The Labute approximate surface area is 162 Å². The highest BCUT2D eigenvalue weighted by atomic mass is 16.5. The van der Waals surface area contributed by atoms with Crippen LogP contribution in [0.25, 0.3) is 0 Å². The standard InChI is InChI=1S/C22H29N3O2/c1-23(2)20-11-9-18(10-12-20)15-24(3)22(26)17-25-13-14-27-21(16-25)19-7-5-4-6-8-19/h4-12,21H,13-17H2,1-3H3. The van der Waals surface area contributed by atoms with Gasteiger partial charge in [-0.25, -0.2) is 0 Å². The van der Waals surface area contributed by atoms with Gasteiger partial charge in [0, 0.05) is 46.5 Å². The van der Waals surface area contributed by atoms with Crippen LogP contribution in [0.3, 0.4) is 0 Å². The van der Waals surface area contributed by atoms with E-state index in [-0.39, 0.29) is 12.0 Å². The van der Waals surface area contributed by atoms with Crippen LogP contribution >= 0.6 is 0 Å². The van der Waals surface area contributed by atoms with Crippen molar-refractivity contribution >= 4 is 11.6 Å². The first-order valence-corrected chi connectivity index (χ1v) is 9.42. The predicted molar refractivity (Wildman–Crippen MR) is 109 cm³/mol. The Kier molecular flexibility index (Phi) is 6.48. The number of rotatable bonds is 6. The third-order valence-electron chi connectivity index (χ3n) is 4.98.